The zero-order chi connectivity index (χ0) is 29.9. The number of anilines is 1. The maximum Gasteiger partial charge on any atom is 0.186 e. The van der Waals surface area contributed by atoms with Crippen LogP contribution in [0.15, 0.2) is 97.1 Å². The van der Waals surface area contributed by atoms with Gasteiger partial charge in [0.2, 0.25) is 0 Å². The van der Waals surface area contributed by atoms with Crippen molar-refractivity contribution in [2.45, 2.75) is 18.0 Å². The van der Waals surface area contributed by atoms with Crippen LogP contribution in [-0.4, -0.2) is 50.8 Å². The van der Waals surface area contributed by atoms with Gasteiger partial charge >= 0.3 is 0 Å². The van der Waals surface area contributed by atoms with E-state index in [0.29, 0.717) is 39.5 Å². The SMILES string of the molecule is COc1cccc(C(=O)[C@@H]2[C@H](c3cccc(OC)c3OC)C3(C(=O)c4ccccc4C3=O)[C@H]3C=Cc4ccccc4N23)c1. The van der Waals surface area contributed by atoms with Crippen LogP contribution in [0.25, 0.3) is 6.08 Å². The van der Waals surface area contributed by atoms with Gasteiger partial charge < -0.3 is 19.1 Å². The standard InChI is InChI=1S/C36H29NO6/c1-41-23-12-8-11-22(20-23)32(38)31-30(26-15-9-17-28(42-2)33(26)43-3)36(34(39)24-13-5-6-14-25(24)35(36)40)29-19-18-21-10-4-7-16-27(21)37(29)31/h4-20,29-31H,1-3H3/t29-,30+,31+/m1/s1. The fourth-order valence-electron chi connectivity index (χ4n) is 7.36. The first-order valence-electron chi connectivity index (χ1n) is 14.1. The highest BCUT2D eigenvalue weighted by Crippen LogP contribution is 2.62. The lowest BCUT2D eigenvalue weighted by Crippen LogP contribution is -2.48. The molecule has 4 aromatic rings. The van der Waals surface area contributed by atoms with Crippen LogP contribution >= 0.6 is 0 Å². The molecule has 7 rings (SSSR count). The topological polar surface area (TPSA) is 82.1 Å². The maximum atomic E-state index is 14.9. The van der Waals surface area contributed by atoms with Crippen molar-refractivity contribution in [3.63, 3.8) is 0 Å². The zero-order valence-corrected chi connectivity index (χ0v) is 23.9. The van der Waals surface area contributed by atoms with Crippen molar-refractivity contribution in [1.82, 2.24) is 0 Å². The lowest BCUT2D eigenvalue weighted by Gasteiger charge is -2.37. The number of hydrogen-bond donors (Lipinski definition) is 0. The average molecular weight is 572 g/mol. The van der Waals surface area contributed by atoms with Crippen molar-refractivity contribution in [2.24, 2.45) is 5.41 Å². The van der Waals surface area contributed by atoms with Gasteiger partial charge in [-0.15, -0.1) is 0 Å². The maximum absolute atomic E-state index is 14.9. The molecular formula is C36H29NO6. The number of nitrogens with zero attached hydrogens (tertiary/aromatic N) is 1. The molecule has 0 bridgehead atoms. The number of benzene rings is 4. The molecule has 3 aliphatic rings. The largest absolute Gasteiger partial charge is 0.497 e. The molecule has 3 atom stereocenters. The lowest BCUT2D eigenvalue weighted by molar-refractivity contribution is 0.0664. The number of para-hydroxylation sites is 2. The molecule has 1 spiro atoms. The highest BCUT2D eigenvalue weighted by molar-refractivity contribution is 6.32. The predicted molar refractivity (Wildman–Crippen MR) is 163 cm³/mol. The van der Waals surface area contributed by atoms with Crippen LogP contribution in [0.5, 0.6) is 17.2 Å². The number of fused-ring (bicyclic) bond motifs is 5. The second kappa shape index (κ2) is 9.98. The quantitative estimate of drug-likeness (QED) is 0.207. The van der Waals surface area contributed by atoms with Crippen LogP contribution in [0, 0.1) is 5.41 Å². The molecule has 214 valence electrons. The highest BCUT2D eigenvalue weighted by atomic mass is 16.5. The zero-order valence-electron chi connectivity index (χ0n) is 23.9. The Morgan fingerprint density at radius 2 is 1.47 bits per heavy atom. The molecule has 0 aromatic heterocycles. The summed E-state index contributed by atoms with van der Waals surface area (Å²) in [5, 5.41) is 0. The van der Waals surface area contributed by atoms with Crippen LogP contribution in [-0.2, 0) is 0 Å². The molecule has 0 radical (unpaired) electrons. The first-order chi connectivity index (χ1) is 21.0. The van der Waals surface area contributed by atoms with Crippen LogP contribution in [0.4, 0.5) is 5.69 Å². The number of carbonyl (C=O) groups is 3. The molecule has 43 heavy (non-hydrogen) atoms. The van der Waals surface area contributed by atoms with Crippen LogP contribution in [0.3, 0.4) is 0 Å². The molecule has 0 N–H and O–H groups in total. The molecule has 0 saturated carbocycles. The smallest absolute Gasteiger partial charge is 0.186 e. The van der Waals surface area contributed by atoms with Gasteiger partial charge in [0, 0.05) is 33.9 Å². The van der Waals surface area contributed by atoms with Gasteiger partial charge in [0.05, 0.1) is 27.4 Å². The van der Waals surface area contributed by atoms with Crippen molar-refractivity contribution < 1.29 is 28.6 Å². The first-order valence-corrected chi connectivity index (χ1v) is 14.1. The minimum atomic E-state index is -1.65. The summed E-state index contributed by atoms with van der Waals surface area (Å²) >= 11 is 0. The third-order valence-corrected chi connectivity index (χ3v) is 9.10. The van der Waals surface area contributed by atoms with Crippen molar-refractivity contribution >= 4 is 29.1 Å². The Bertz CT molecular complexity index is 1810. The number of ketones is 3. The van der Waals surface area contributed by atoms with Gasteiger partial charge in [0.1, 0.15) is 17.2 Å². The van der Waals surface area contributed by atoms with Crippen molar-refractivity contribution in [2.75, 3.05) is 26.2 Å². The molecule has 0 unspecified atom stereocenters. The Morgan fingerprint density at radius 3 is 2.16 bits per heavy atom. The Morgan fingerprint density at radius 1 is 0.767 bits per heavy atom. The molecule has 1 fully saturated rings. The summed E-state index contributed by atoms with van der Waals surface area (Å²) < 4.78 is 17.0. The normalized spacial score (nSPS) is 20.9. The molecule has 7 heteroatoms. The molecule has 1 saturated heterocycles. The summed E-state index contributed by atoms with van der Waals surface area (Å²) in [6.07, 6.45) is 3.85. The van der Waals surface area contributed by atoms with E-state index in [1.165, 1.54) is 14.2 Å². The third-order valence-electron chi connectivity index (χ3n) is 9.10. The van der Waals surface area contributed by atoms with Gasteiger partial charge in [-0.3, -0.25) is 14.4 Å². The van der Waals surface area contributed by atoms with Crippen LogP contribution in [0.2, 0.25) is 0 Å². The van der Waals surface area contributed by atoms with E-state index in [1.807, 2.05) is 47.4 Å². The van der Waals surface area contributed by atoms with Gasteiger partial charge in [-0.1, -0.05) is 78.9 Å². The second-order valence-electron chi connectivity index (χ2n) is 10.9. The second-order valence-corrected chi connectivity index (χ2v) is 10.9. The number of ether oxygens (including phenoxy) is 3. The average Bonchev–Trinajstić information content (AvgIpc) is 3.49. The highest BCUT2D eigenvalue weighted by Gasteiger charge is 2.72. The molecule has 4 aromatic carbocycles. The summed E-state index contributed by atoms with van der Waals surface area (Å²) in [6, 6.07) is 25.3. The Balaban J connectivity index is 1.58. The number of hydrogen-bond acceptors (Lipinski definition) is 7. The summed E-state index contributed by atoms with van der Waals surface area (Å²) in [4.78, 5) is 46.6. The van der Waals surface area contributed by atoms with Gasteiger partial charge in [-0.05, 0) is 29.8 Å². The summed E-state index contributed by atoms with van der Waals surface area (Å²) in [5.74, 6) is -0.414. The van der Waals surface area contributed by atoms with E-state index >= 15 is 0 Å². The molecule has 7 nitrogen and oxygen atoms in total. The molecule has 0 amide bonds. The summed E-state index contributed by atoms with van der Waals surface area (Å²) in [6.45, 7) is 0. The number of methoxy groups -OCH3 is 3. The van der Waals surface area contributed by atoms with Crippen molar-refractivity contribution in [3.8, 4) is 17.2 Å². The number of carbonyl (C=O) groups excluding carboxylic acids is 3. The first kappa shape index (κ1) is 26.7. The van der Waals surface area contributed by atoms with Crippen molar-refractivity contribution in [1.29, 1.82) is 0 Å². The van der Waals surface area contributed by atoms with E-state index in [1.54, 1.807) is 67.8 Å². The Labute approximate surface area is 249 Å². The Kier molecular flexibility index (Phi) is 6.20. The van der Waals surface area contributed by atoms with E-state index in [0.717, 1.165) is 11.3 Å². The molecular weight excluding hydrogens is 542 g/mol. The predicted octanol–water partition coefficient (Wildman–Crippen LogP) is 6.03. The van der Waals surface area contributed by atoms with E-state index in [4.69, 9.17) is 14.2 Å². The van der Waals surface area contributed by atoms with Gasteiger partial charge in [0.25, 0.3) is 0 Å². The molecule has 1 aliphatic carbocycles. The summed E-state index contributed by atoms with van der Waals surface area (Å²) in [5.41, 5.74) is 1.71. The minimum absolute atomic E-state index is 0.239. The number of rotatable bonds is 6. The third kappa shape index (κ3) is 3.57. The van der Waals surface area contributed by atoms with E-state index in [9.17, 15) is 14.4 Å². The minimum Gasteiger partial charge on any atom is -0.497 e. The van der Waals surface area contributed by atoms with E-state index in [-0.39, 0.29) is 17.3 Å². The number of Topliss-reactive ketones (excluding diaryl/α,β-unsaturated/α-hetero) is 3. The fourth-order valence-corrected chi connectivity index (χ4v) is 7.36. The van der Waals surface area contributed by atoms with Gasteiger partial charge in [-0.2, -0.15) is 0 Å². The fraction of sp³-hybridized carbons (Fsp3) is 0.194. The monoisotopic (exact) mass is 571 g/mol. The van der Waals surface area contributed by atoms with Gasteiger partial charge in [-0.25, -0.2) is 0 Å². The van der Waals surface area contributed by atoms with Crippen LogP contribution < -0.4 is 19.1 Å². The van der Waals surface area contributed by atoms with E-state index < -0.39 is 23.4 Å². The molecule has 2 aliphatic heterocycles. The molecule has 2 heterocycles. The lowest BCUT2D eigenvalue weighted by atomic mass is 9.64. The Hall–Kier alpha value is -5.17. The van der Waals surface area contributed by atoms with Crippen molar-refractivity contribution in [3.05, 3.63) is 125 Å². The van der Waals surface area contributed by atoms with Gasteiger partial charge in [0.15, 0.2) is 28.8 Å². The van der Waals surface area contributed by atoms with Crippen LogP contribution in [0.1, 0.15) is 48.1 Å². The summed E-state index contributed by atoms with van der Waals surface area (Å²) in [7, 11) is 4.61. The van der Waals surface area contributed by atoms with E-state index in [2.05, 4.69) is 0 Å².